The number of aliphatic hydroxyl groups is 1. The molecule has 0 saturated carbocycles. The molecule has 1 aromatic rings. The third-order valence-electron chi connectivity index (χ3n) is 2.05. The van der Waals surface area contributed by atoms with Crippen molar-refractivity contribution < 1.29 is 19.7 Å². The van der Waals surface area contributed by atoms with Crippen LogP contribution in [0.3, 0.4) is 0 Å². The number of nitrogens with zero attached hydrogens (tertiary/aromatic N) is 1. The topological polar surface area (TPSA) is 90.6 Å². The van der Waals surface area contributed by atoms with Crippen LogP contribution in [0.4, 0.5) is 0 Å². The second kappa shape index (κ2) is 5.14. The Balaban J connectivity index is 3.31. The van der Waals surface area contributed by atoms with Gasteiger partial charge in [-0.2, -0.15) is 5.26 Å². The van der Waals surface area contributed by atoms with Crippen LogP contribution in [0.1, 0.15) is 28.4 Å². The van der Waals surface area contributed by atoms with E-state index in [1.54, 1.807) is 13.0 Å². The Bertz CT molecular complexity index is 448. The highest BCUT2D eigenvalue weighted by Crippen LogP contribution is 2.24. The lowest BCUT2D eigenvalue weighted by Gasteiger charge is -2.08. The molecule has 1 aromatic carbocycles. The zero-order valence-electron chi connectivity index (χ0n) is 8.73. The summed E-state index contributed by atoms with van der Waals surface area (Å²) in [5, 5.41) is 27.3. The molecule has 0 unspecified atom stereocenters. The molecular formula is C11H11NO4. The molecule has 1 rings (SSSR count). The number of aliphatic hydroxyl groups excluding tert-OH is 1. The summed E-state index contributed by atoms with van der Waals surface area (Å²) >= 11 is 0. The van der Waals surface area contributed by atoms with Crippen LogP contribution >= 0.6 is 0 Å². The SMILES string of the molecule is CCOC(=O)c1ccc(O)c(CO)c1C#N. The number of benzene rings is 1. The predicted octanol–water partition coefficient (Wildman–Crippen LogP) is 0.933. The number of hydrogen-bond acceptors (Lipinski definition) is 5. The third-order valence-corrected chi connectivity index (χ3v) is 2.05. The van der Waals surface area contributed by atoms with Gasteiger partial charge in [-0.1, -0.05) is 0 Å². The van der Waals surface area contributed by atoms with Crippen molar-refractivity contribution in [3.63, 3.8) is 0 Å². The van der Waals surface area contributed by atoms with Gasteiger partial charge in [-0.05, 0) is 19.1 Å². The first-order valence-electron chi connectivity index (χ1n) is 4.68. The van der Waals surface area contributed by atoms with E-state index in [0.29, 0.717) is 0 Å². The van der Waals surface area contributed by atoms with Crippen LogP contribution < -0.4 is 0 Å². The van der Waals surface area contributed by atoms with E-state index in [2.05, 4.69) is 0 Å². The number of carbonyl (C=O) groups excluding carboxylic acids is 1. The van der Waals surface area contributed by atoms with Gasteiger partial charge in [0.25, 0.3) is 0 Å². The molecule has 0 fully saturated rings. The van der Waals surface area contributed by atoms with Gasteiger partial charge in [0, 0.05) is 5.56 Å². The molecule has 0 bridgehead atoms. The summed E-state index contributed by atoms with van der Waals surface area (Å²) in [7, 11) is 0. The first kappa shape index (κ1) is 12.0. The maximum atomic E-state index is 11.5. The number of hydrogen-bond donors (Lipinski definition) is 2. The van der Waals surface area contributed by atoms with E-state index in [1.165, 1.54) is 12.1 Å². The van der Waals surface area contributed by atoms with Gasteiger partial charge >= 0.3 is 5.97 Å². The number of carbonyl (C=O) groups is 1. The Morgan fingerprint density at radius 3 is 2.75 bits per heavy atom. The third kappa shape index (κ3) is 2.12. The molecule has 0 spiro atoms. The molecule has 5 nitrogen and oxygen atoms in total. The van der Waals surface area contributed by atoms with Crippen molar-refractivity contribution in [1.29, 1.82) is 5.26 Å². The van der Waals surface area contributed by atoms with Gasteiger partial charge in [0.2, 0.25) is 0 Å². The van der Waals surface area contributed by atoms with Gasteiger partial charge in [-0.15, -0.1) is 0 Å². The molecule has 0 aliphatic rings. The zero-order valence-corrected chi connectivity index (χ0v) is 8.73. The maximum absolute atomic E-state index is 11.5. The lowest BCUT2D eigenvalue weighted by molar-refractivity contribution is 0.0526. The lowest BCUT2D eigenvalue weighted by atomic mass is 10.0. The van der Waals surface area contributed by atoms with Crippen LogP contribution in [0.15, 0.2) is 12.1 Å². The van der Waals surface area contributed by atoms with Gasteiger partial charge in [0.15, 0.2) is 0 Å². The molecule has 84 valence electrons. The maximum Gasteiger partial charge on any atom is 0.339 e. The molecule has 0 radical (unpaired) electrons. The number of nitriles is 1. The van der Waals surface area contributed by atoms with E-state index >= 15 is 0 Å². The fourth-order valence-electron chi connectivity index (χ4n) is 1.30. The van der Waals surface area contributed by atoms with Gasteiger partial charge < -0.3 is 14.9 Å². The summed E-state index contributed by atoms with van der Waals surface area (Å²) in [5.74, 6) is -0.860. The first-order chi connectivity index (χ1) is 7.65. The van der Waals surface area contributed by atoms with Crippen LogP contribution in [-0.2, 0) is 11.3 Å². The van der Waals surface area contributed by atoms with Gasteiger partial charge in [-0.3, -0.25) is 0 Å². The van der Waals surface area contributed by atoms with Crippen LogP contribution in [0.25, 0.3) is 0 Å². The van der Waals surface area contributed by atoms with E-state index in [4.69, 9.17) is 15.1 Å². The highest BCUT2D eigenvalue weighted by atomic mass is 16.5. The Hall–Kier alpha value is -2.06. The summed E-state index contributed by atoms with van der Waals surface area (Å²) in [6.07, 6.45) is 0. The molecule has 0 atom stereocenters. The van der Waals surface area contributed by atoms with Crippen LogP contribution in [0.5, 0.6) is 5.75 Å². The summed E-state index contributed by atoms with van der Waals surface area (Å²) in [6.45, 7) is 1.33. The highest BCUT2D eigenvalue weighted by molar-refractivity contribution is 5.93. The van der Waals surface area contributed by atoms with E-state index in [0.717, 1.165) is 0 Å². The predicted molar refractivity (Wildman–Crippen MR) is 54.7 cm³/mol. The minimum absolute atomic E-state index is 0.0352. The van der Waals surface area contributed by atoms with Crippen molar-refractivity contribution >= 4 is 5.97 Å². The largest absolute Gasteiger partial charge is 0.508 e. The van der Waals surface area contributed by atoms with Crippen molar-refractivity contribution in [3.05, 3.63) is 28.8 Å². The summed E-state index contributed by atoms with van der Waals surface area (Å²) in [6, 6.07) is 4.32. The summed E-state index contributed by atoms with van der Waals surface area (Å²) < 4.78 is 4.76. The van der Waals surface area contributed by atoms with Gasteiger partial charge in [0.05, 0.1) is 24.3 Å². The van der Waals surface area contributed by atoms with Crippen molar-refractivity contribution in [1.82, 2.24) is 0 Å². The second-order valence-electron chi connectivity index (χ2n) is 2.98. The Kier molecular flexibility index (Phi) is 3.86. The molecule has 5 heteroatoms. The summed E-state index contributed by atoms with van der Waals surface area (Å²) in [4.78, 5) is 11.5. The Morgan fingerprint density at radius 1 is 1.56 bits per heavy atom. The zero-order chi connectivity index (χ0) is 12.1. The average molecular weight is 221 g/mol. The van der Waals surface area contributed by atoms with Crippen molar-refractivity contribution in [3.8, 4) is 11.8 Å². The van der Waals surface area contributed by atoms with Crippen molar-refractivity contribution in [2.75, 3.05) is 6.61 Å². The average Bonchev–Trinajstić information content (AvgIpc) is 2.28. The monoisotopic (exact) mass is 221 g/mol. The van der Waals surface area contributed by atoms with Crippen LogP contribution in [0, 0.1) is 11.3 Å². The Morgan fingerprint density at radius 2 is 2.25 bits per heavy atom. The van der Waals surface area contributed by atoms with Gasteiger partial charge in [0.1, 0.15) is 11.8 Å². The number of ether oxygens (including phenoxy) is 1. The van der Waals surface area contributed by atoms with Crippen LogP contribution in [-0.4, -0.2) is 22.8 Å². The van der Waals surface area contributed by atoms with E-state index in [9.17, 15) is 9.90 Å². The number of esters is 1. The fourth-order valence-corrected chi connectivity index (χ4v) is 1.30. The number of phenols is 1. The quantitative estimate of drug-likeness (QED) is 0.741. The minimum atomic E-state index is -0.645. The first-order valence-corrected chi connectivity index (χ1v) is 4.68. The van der Waals surface area contributed by atoms with Crippen molar-refractivity contribution in [2.45, 2.75) is 13.5 Å². The molecule has 0 heterocycles. The molecular weight excluding hydrogens is 210 g/mol. The molecule has 16 heavy (non-hydrogen) atoms. The standard InChI is InChI=1S/C11H11NO4/c1-2-16-11(15)7-3-4-10(14)9(6-13)8(7)5-12/h3-4,13-14H,2,6H2,1H3. The second-order valence-corrected chi connectivity index (χ2v) is 2.98. The number of rotatable bonds is 3. The molecule has 0 aliphatic carbocycles. The number of aromatic hydroxyl groups is 1. The smallest absolute Gasteiger partial charge is 0.339 e. The molecule has 0 amide bonds. The normalized spacial score (nSPS) is 9.56. The van der Waals surface area contributed by atoms with E-state index in [-0.39, 0.29) is 29.0 Å². The molecule has 0 aromatic heterocycles. The van der Waals surface area contributed by atoms with E-state index in [1.807, 2.05) is 0 Å². The van der Waals surface area contributed by atoms with E-state index < -0.39 is 12.6 Å². The fraction of sp³-hybridized carbons (Fsp3) is 0.273. The van der Waals surface area contributed by atoms with Gasteiger partial charge in [-0.25, -0.2) is 4.79 Å². The highest BCUT2D eigenvalue weighted by Gasteiger charge is 2.18. The summed E-state index contributed by atoms with van der Waals surface area (Å²) in [5.41, 5.74) is 0.0280. The molecule has 2 N–H and O–H groups in total. The lowest BCUT2D eigenvalue weighted by Crippen LogP contribution is -2.08. The molecule has 0 saturated heterocycles. The minimum Gasteiger partial charge on any atom is -0.508 e. The Labute approximate surface area is 92.5 Å². The molecule has 0 aliphatic heterocycles. The van der Waals surface area contributed by atoms with Crippen LogP contribution in [0.2, 0.25) is 0 Å². The van der Waals surface area contributed by atoms with Crippen molar-refractivity contribution in [2.24, 2.45) is 0 Å².